The van der Waals surface area contributed by atoms with E-state index in [0.717, 1.165) is 6.07 Å². The zero-order chi connectivity index (χ0) is 13.3. The minimum atomic E-state index is -4.55. The minimum absolute atomic E-state index is 0.127. The molecular formula is C11H7ClF3N3. The van der Waals surface area contributed by atoms with Gasteiger partial charge in [-0.15, -0.1) is 0 Å². The highest BCUT2D eigenvalue weighted by Gasteiger charge is 2.33. The summed E-state index contributed by atoms with van der Waals surface area (Å²) in [5.74, 6) is 0. The first-order valence-electron chi connectivity index (χ1n) is 4.90. The third-order valence-electron chi connectivity index (χ3n) is 2.29. The van der Waals surface area contributed by atoms with Gasteiger partial charge in [0.15, 0.2) is 0 Å². The lowest BCUT2D eigenvalue weighted by atomic mass is 10.1. The van der Waals surface area contributed by atoms with E-state index in [0.29, 0.717) is 11.1 Å². The number of halogens is 4. The van der Waals surface area contributed by atoms with Crippen molar-refractivity contribution in [3.8, 4) is 11.3 Å². The van der Waals surface area contributed by atoms with Gasteiger partial charge in [0.1, 0.15) is 5.69 Å². The first kappa shape index (κ1) is 12.8. The summed E-state index contributed by atoms with van der Waals surface area (Å²) >= 11 is 5.52. The summed E-state index contributed by atoms with van der Waals surface area (Å²) in [6.45, 7) is 1.73. The fourth-order valence-electron chi connectivity index (χ4n) is 1.46. The predicted octanol–water partition coefficient (Wildman–Crippen LogP) is 3.52. The molecule has 2 aromatic rings. The second-order valence-electron chi connectivity index (χ2n) is 3.60. The Hall–Kier alpha value is -1.69. The van der Waals surface area contributed by atoms with Crippen LogP contribution in [0.3, 0.4) is 0 Å². The Balaban J connectivity index is 2.60. The van der Waals surface area contributed by atoms with E-state index in [1.807, 2.05) is 0 Å². The quantitative estimate of drug-likeness (QED) is 0.746. The van der Waals surface area contributed by atoms with Gasteiger partial charge in [0.2, 0.25) is 5.28 Å². The van der Waals surface area contributed by atoms with E-state index in [-0.39, 0.29) is 5.69 Å². The van der Waals surface area contributed by atoms with E-state index in [4.69, 9.17) is 11.6 Å². The largest absolute Gasteiger partial charge is 0.433 e. The molecule has 2 heterocycles. The Kier molecular flexibility index (Phi) is 3.21. The first-order valence-corrected chi connectivity index (χ1v) is 5.28. The summed E-state index contributed by atoms with van der Waals surface area (Å²) in [7, 11) is 0. The second kappa shape index (κ2) is 4.53. The number of hydrogen-bond acceptors (Lipinski definition) is 3. The monoisotopic (exact) mass is 273 g/mol. The van der Waals surface area contributed by atoms with Gasteiger partial charge >= 0.3 is 6.18 Å². The SMILES string of the molecule is Cc1cnccc1-c1cc(C(F)(F)F)nc(Cl)n1. The van der Waals surface area contributed by atoms with Crippen LogP contribution in [-0.2, 0) is 6.18 Å². The molecule has 0 unspecified atom stereocenters. The van der Waals surface area contributed by atoms with Crippen LogP contribution < -0.4 is 0 Å². The Bertz CT molecular complexity index is 584. The van der Waals surface area contributed by atoms with Crippen LogP contribution in [0.15, 0.2) is 24.5 Å². The van der Waals surface area contributed by atoms with Crippen LogP contribution in [0.1, 0.15) is 11.3 Å². The maximum absolute atomic E-state index is 12.6. The Labute approximate surface area is 106 Å². The van der Waals surface area contributed by atoms with Crippen LogP contribution in [0, 0.1) is 6.92 Å². The first-order chi connectivity index (χ1) is 8.38. The van der Waals surface area contributed by atoms with Crippen LogP contribution in [0.4, 0.5) is 13.2 Å². The van der Waals surface area contributed by atoms with Crippen LogP contribution in [0.5, 0.6) is 0 Å². The lowest BCUT2D eigenvalue weighted by Gasteiger charge is -2.09. The number of aryl methyl sites for hydroxylation is 1. The smallest absolute Gasteiger partial charge is 0.264 e. The van der Waals surface area contributed by atoms with E-state index >= 15 is 0 Å². The molecule has 94 valence electrons. The van der Waals surface area contributed by atoms with E-state index < -0.39 is 17.2 Å². The van der Waals surface area contributed by atoms with Gasteiger partial charge in [-0.2, -0.15) is 13.2 Å². The molecular weight excluding hydrogens is 267 g/mol. The maximum Gasteiger partial charge on any atom is 0.433 e. The maximum atomic E-state index is 12.6. The highest BCUT2D eigenvalue weighted by atomic mass is 35.5. The van der Waals surface area contributed by atoms with Crippen molar-refractivity contribution >= 4 is 11.6 Å². The Morgan fingerprint density at radius 3 is 2.56 bits per heavy atom. The van der Waals surface area contributed by atoms with E-state index in [1.54, 1.807) is 19.2 Å². The standard InChI is InChI=1S/C11H7ClF3N3/c1-6-5-16-3-2-7(6)8-4-9(11(13,14)15)18-10(12)17-8/h2-5H,1H3. The Morgan fingerprint density at radius 2 is 1.94 bits per heavy atom. The summed E-state index contributed by atoms with van der Waals surface area (Å²) in [6.07, 6.45) is -1.54. The molecule has 0 atom stereocenters. The molecule has 0 amide bonds. The van der Waals surface area contributed by atoms with E-state index in [2.05, 4.69) is 15.0 Å². The van der Waals surface area contributed by atoms with Crippen molar-refractivity contribution in [2.24, 2.45) is 0 Å². The molecule has 3 nitrogen and oxygen atoms in total. The van der Waals surface area contributed by atoms with E-state index in [9.17, 15) is 13.2 Å². The van der Waals surface area contributed by atoms with Crippen molar-refractivity contribution in [2.45, 2.75) is 13.1 Å². The predicted molar refractivity (Wildman–Crippen MR) is 60.0 cm³/mol. The fourth-order valence-corrected chi connectivity index (χ4v) is 1.64. The molecule has 0 saturated carbocycles. The summed E-state index contributed by atoms with van der Waals surface area (Å²) in [4.78, 5) is 10.8. The molecule has 0 aromatic carbocycles. The van der Waals surface area contributed by atoms with Gasteiger partial charge in [-0.1, -0.05) is 0 Å². The number of rotatable bonds is 1. The molecule has 18 heavy (non-hydrogen) atoms. The van der Waals surface area contributed by atoms with Gasteiger partial charge in [0.05, 0.1) is 5.69 Å². The molecule has 2 rings (SSSR count). The molecule has 0 N–H and O–H groups in total. The van der Waals surface area contributed by atoms with E-state index in [1.165, 1.54) is 6.20 Å². The second-order valence-corrected chi connectivity index (χ2v) is 3.93. The molecule has 0 aliphatic heterocycles. The van der Waals surface area contributed by atoms with Crippen molar-refractivity contribution in [2.75, 3.05) is 0 Å². The summed E-state index contributed by atoms with van der Waals surface area (Å²) < 4.78 is 37.8. The summed E-state index contributed by atoms with van der Waals surface area (Å²) in [6, 6.07) is 2.45. The lowest BCUT2D eigenvalue weighted by Crippen LogP contribution is -2.09. The average Bonchev–Trinajstić information content (AvgIpc) is 2.27. The lowest BCUT2D eigenvalue weighted by molar-refractivity contribution is -0.141. The number of pyridine rings is 1. The molecule has 0 bridgehead atoms. The van der Waals surface area contributed by atoms with Gasteiger partial charge in [0.25, 0.3) is 0 Å². The van der Waals surface area contributed by atoms with Gasteiger partial charge < -0.3 is 0 Å². The van der Waals surface area contributed by atoms with Crippen molar-refractivity contribution in [3.63, 3.8) is 0 Å². The molecule has 0 aliphatic carbocycles. The van der Waals surface area contributed by atoms with Gasteiger partial charge in [0, 0.05) is 18.0 Å². The summed E-state index contributed by atoms with van der Waals surface area (Å²) in [5, 5.41) is -0.434. The van der Waals surface area contributed by atoms with Crippen molar-refractivity contribution in [3.05, 3.63) is 41.1 Å². The summed E-state index contributed by atoms with van der Waals surface area (Å²) in [5.41, 5.74) is 0.316. The fraction of sp³-hybridized carbons (Fsp3) is 0.182. The zero-order valence-electron chi connectivity index (χ0n) is 9.16. The molecule has 2 aromatic heterocycles. The van der Waals surface area contributed by atoms with Crippen molar-refractivity contribution in [1.29, 1.82) is 0 Å². The molecule has 0 spiro atoms. The third kappa shape index (κ3) is 2.59. The third-order valence-corrected chi connectivity index (χ3v) is 2.45. The molecule has 7 heteroatoms. The van der Waals surface area contributed by atoms with Crippen LogP contribution in [-0.4, -0.2) is 15.0 Å². The topological polar surface area (TPSA) is 38.7 Å². The highest BCUT2D eigenvalue weighted by Crippen LogP contribution is 2.31. The van der Waals surface area contributed by atoms with Gasteiger partial charge in [-0.25, -0.2) is 9.97 Å². The minimum Gasteiger partial charge on any atom is -0.264 e. The van der Waals surface area contributed by atoms with Gasteiger partial charge in [-0.3, -0.25) is 4.98 Å². The van der Waals surface area contributed by atoms with Crippen molar-refractivity contribution < 1.29 is 13.2 Å². The number of hydrogen-bond donors (Lipinski definition) is 0. The Morgan fingerprint density at radius 1 is 1.22 bits per heavy atom. The molecule has 0 saturated heterocycles. The van der Waals surface area contributed by atoms with Crippen LogP contribution in [0.25, 0.3) is 11.3 Å². The normalized spacial score (nSPS) is 11.6. The number of nitrogens with zero attached hydrogens (tertiary/aromatic N) is 3. The van der Waals surface area contributed by atoms with Crippen molar-refractivity contribution in [1.82, 2.24) is 15.0 Å². The van der Waals surface area contributed by atoms with Gasteiger partial charge in [-0.05, 0) is 36.2 Å². The zero-order valence-corrected chi connectivity index (χ0v) is 9.92. The number of aromatic nitrogens is 3. The van der Waals surface area contributed by atoms with Crippen LogP contribution in [0.2, 0.25) is 5.28 Å². The van der Waals surface area contributed by atoms with Crippen LogP contribution >= 0.6 is 11.6 Å². The number of alkyl halides is 3. The molecule has 0 radical (unpaired) electrons. The molecule has 0 fully saturated rings. The highest BCUT2D eigenvalue weighted by molar-refractivity contribution is 6.28. The average molecular weight is 274 g/mol. The molecule has 0 aliphatic rings.